The van der Waals surface area contributed by atoms with E-state index in [2.05, 4.69) is 26.6 Å². The molecule has 2 aromatic rings. The number of carbonyl (C=O) groups is 1. The van der Waals surface area contributed by atoms with Gasteiger partial charge >= 0.3 is 0 Å². The number of nitrogens with one attached hydrogen (secondary N) is 2. The number of carbonyl (C=O) groups excluding carboxylic acids is 1. The van der Waals surface area contributed by atoms with Gasteiger partial charge in [0.1, 0.15) is 5.69 Å². The van der Waals surface area contributed by atoms with Gasteiger partial charge in [-0.3, -0.25) is 14.9 Å². The lowest BCUT2D eigenvalue weighted by molar-refractivity contribution is -0.384. The van der Waals surface area contributed by atoms with E-state index in [1.54, 1.807) is 25.1 Å². The van der Waals surface area contributed by atoms with Crippen molar-refractivity contribution in [2.24, 2.45) is 0 Å². The summed E-state index contributed by atoms with van der Waals surface area (Å²) in [6, 6.07) is 6.37. The number of nitro benzene ring substituents is 1. The van der Waals surface area contributed by atoms with E-state index in [0.717, 1.165) is 5.56 Å². The Labute approximate surface area is 170 Å². The molecule has 0 aliphatic rings. The molecule has 0 aromatic heterocycles. The van der Waals surface area contributed by atoms with Crippen LogP contribution in [0.5, 0.6) is 5.75 Å². The molecule has 27 heavy (non-hydrogen) atoms. The Kier molecular flexibility index (Phi) is 7.04. The van der Waals surface area contributed by atoms with Crippen LogP contribution < -0.4 is 15.4 Å². The average Bonchev–Trinajstić information content (AvgIpc) is 2.59. The molecule has 0 saturated heterocycles. The van der Waals surface area contributed by atoms with Crippen molar-refractivity contribution in [3.05, 3.63) is 55.0 Å². The van der Waals surface area contributed by atoms with Crippen molar-refractivity contribution < 1.29 is 14.5 Å². The summed E-state index contributed by atoms with van der Waals surface area (Å²) in [4.78, 5) is 23.1. The Morgan fingerprint density at radius 1 is 1.33 bits per heavy atom. The quantitative estimate of drug-likeness (QED) is 0.448. The van der Waals surface area contributed by atoms with E-state index in [-0.39, 0.29) is 17.9 Å². The molecule has 0 atom stereocenters. The summed E-state index contributed by atoms with van der Waals surface area (Å²) in [6.07, 6.45) is 0. The second-order valence-electron chi connectivity index (χ2n) is 5.76. The molecule has 0 spiro atoms. The van der Waals surface area contributed by atoms with Gasteiger partial charge in [0, 0.05) is 11.1 Å². The normalized spacial score (nSPS) is 10.4. The van der Waals surface area contributed by atoms with Crippen molar-refractivity contribution in [3.63, 3.8) is 0 Å². The highest BCUT2D eigenvalue weighted by atomic mass is 79.9. The molecule has 0 aliphatic heterocycles. The van der Waals surface area contributed by atoms with Crippen LogP contribution in [-0.4, -0.2) is 24.0 Å². The Morgan fingerprint density at radius 3 is 2.67 bits per heavy atom. The number of halogens is 2. The van der Waals surface area contributed by atoms with Gasteiger partial charge in [-0.2, -0.15) is 0 Å². The van der Waals surface area contributed by atoms with Crippen LogP contribution in [-0.2, 0) is 4.79 Å². The number of hydrogen-bond donors (Lipinski definition) is 2. The zero-order valence-corrected chi connectivity index (χ0v) is 17.4. The smallest absolute Gasteiger partial charge is 0.293 e. The number of ether oxygens (including phenoxy) is 1. The fraction of sp³-hybridized carbons (Fsp3) is 0.278. The fourth-order valence-electron chi connectivity index (χ4n) is 2.45. The molecule has 2 N–H and O–H groups in total. The molecular weight excluding hydrogens is 438 g/mol. The van der Waals surface area contributed by atoms with Crippen molar-refractivity contribution >= 4 is 50.5 Å². The molecule has 0 heterocycles. The Bertz CT molecular complexity index is 889. The van der Waals surface area contributed by atoms with E-state index < -0.39 is 10.8 Å². The molecule has 0 unspecified atom stereocenters. The number of amides is 1. The lowest BCUT2D eigenvalue weighted by Crippen LogP contribution is -2.23. The van der Waals surface area contributed by atoms with Crippen molar-refractivity contribution in [1.29, 1.82) is 0 Å². The Hall–Kier alpha value is -2.32. The summed E-state index contributed by atoms with van der Waals surface area (Å²) in [5.74, 6) is 0.109. The topological polar surface area (TPSA) is 93.5 Å². The summed E-state index contributed by atoms with van der Waals surface area (Å²) in [5.41, 5.74) is 2.09. The van der Waals surface area contributed by atoms with Crippen LogP contribution >= 0.6 is 27.5 Å². The van der Waals surface area contributed by atoms with Gasteiger partial charge in [-0.15, -0.1) is 0 Å². The predicted octanol–water partition coefficient (Wildman–Crippen LogP) is 5.08. The fourth-order valence-corrected chi connectivity index (χ4v) is 3.38. The number of hydrogen-bond acceptors (Lipinski definition) is 5. The van der Waals surface area contributed by atoms with Crippen LogP contribution in [0, 0.1) is 24.0 Å². The van der Waals surface area contributed by atoms with Gasteiger partial charge in [-0.25, -0.2) is 0 Å². The van der Waals surface area contributed by atoms with Gasteiger partial charge in [0.2, 0.25) is 5.91 Å². The van der Waals surface area contributed by atoms with E-state index in [1.165, 1.54) is 6.07 Å². The first-order chi connectivity index (χ1) is 12.7. The third kappa shape index (κ3) is 5.11. The maximum Gasteiger partial charge on any atom is 0.293 e. The number of aryl methyl sites for hydroxylation is 1. The molecule has 0 radical (unpaired) electrons. The number of nitrogens with zero attached hydrogens (tertiary/aromatic N) is 1. The first-order valence-corrected chi connectivity index (χ1v) is 9.31. The monoisotopic (exact) mass is 455 g/mol. The van der Waals surface area contributed by atoms with Crippen LogP contribution in [0.15, 0.2) is 28.7 Å². The minimum absolute atomic E-state index is 0.114. The van der Waals surface area contributed by atoms with Crippen molar-refractivity contribution in [3.8, 4) is 5.75 Å². The van der Waals surface area contributed by atoms with Gasteiger partial charge in [-0.1, -0.05) is 17.7 Å². The molecule has 2 aromatic carbocycles. The summed E-state index contributed by atoms with van der Waals surface area (Å²) in [6.45, 7) is 5.72. The molecule has 7 nitrogen and oxygen atoms in total. The molecule has 1 amide bonds. The SMILES string of the molecule is CCOc1c(Br)cc(Cl)cc1NCC(=O)Nc1c([N+](=O)[O-])ccc(C)c1C. The number of nitro groups is 1. The molecule has 9 heteroatoms. The summed E-state index contributed by atoms with van der Waals surface area (Å²) < 4.78 is 6.23. The lowest BCUT2D eigenvalue weighted by atomic mass is 10.1. The van der Waals surface area contributed by atoms with Gasteiger partial charge in [0.05, 0.1) is 28.2 Å². The van der Waals surface area contributed by atoms with Gasteiger partial charge in [-0.05, 0) is 60.0 Å². The standard InChI is InChI=1S/C18H19BrClN3O4/c1-4-27-18-13(19)7-12(20)8-14(18)21-9-16(24)22-17-11(3)10(2)5-6-15(17)23(25)26/h5-8,21H,4,9H2,1-3H3,(H,22,24). The number of benzene rings is 2. The zero-order valence-electron chi connectivity index (χ0n) is 15.1. The van der Waals surface area contributed by atoms with E-state index in [0.29, 0.717) is 33.1 Å². The second kappa shape index (κ2) is 9.05. The van der Waals surface area contributed by atoms with Crippen molar-refractivity contribution in [1.82, 2.24) is 0 Å². The minimum Gasteiger partial charge on any atom is -0.491 e. The molecular formula is C18H19BrClN3O4. The van der Waals surface area contributed by atoms with Crippen LogP contribution in [0.2, 0.25) is 5.02 Å². The summed E-state index contributed by atoms with van der Waals surface area (Å²) >= 11 is 9.44. The number of anilines is 2. The minimum atomic E-state index is -0.517. The van der Waals surface area contributed by atoms with E-state index in [1.807, 2.05) is 13.8 Å². The highest BCUT2D eigenvalue weighted by Gasteiger charge is 2.19. The third-order valence-electron chi connectivity index (χ3n) is 3.91. The maximum absolute atomic E-state index is 12.4. The molecule has 2 rings (SSSR count). The zero-order chi connectivity index (χ0) is 20.1. The molecule has 0 fully saturated rings. The van der Waals surface area contributed by atoms with E-state index in [4.69, 9.17) is 16.3 Å². The van der Waals surface area contributed by atoms with Gasteiger partial charge in [0.25, 0.3) is 5.69 Å². The summed E-state index contributed by atoms with van der Waals surface area (Å²) in [7, 11) is 0. The van der Waals surface area contributed by atoms with Gasteiger partial charge in [0.15, 0.2) is 5.75 Å². The first-order valence-electron chi connectivity index (χ1n) is 8.14. The van der Waals surface area contributed by atoms with Gasteiger partial charge < -0.3 is 15.4 Å². The number of rotatable bonds is 7. The highest BCUT2D eigenvalue weighted by molar-refractivity contribution is 9.10. The van der Waals surface area contributed by atoms with Crippen molar-refractivity contribution in [2.75, 3.05) is 23.8 Å². The van der Waals surface area contributed by atoms with Crippen LogP contribution in [0.4, 0.5) is 17.1 Å². The molecule has 0 bridgehead atoms. The Balaban J connectivity index is 2.19. The highest BCUT2D eigenvalue weighted by Crippen LogP contribution is 2.36. The second-order valence-corrected chi connectivity index (χ2v) is 7.05. The Morgan fingerprint density at radius 2 is 2.04 bits per heavy atom. The van der Waals surface area contributed by atoms with E-state index >= 15 is 0 Å². The van der Waals surface area contributed by atoms with Crippen LogP contribution in [0.25, 0.3) is 0 Å². The first kappa shape index (κ1) is 21.0. The van der Waals surface area contributed by atoms with Crippen LogP contribution in [0.3, 0.4) is 0 Å². The maximum atomic E-state index is 12.4. The van der Waals surface area contributed by atoms with E-state index in [9.17, 15) is 14.9 Å². The molecule has 0 aliphatic carbocycles. The average molecular weight is 457 g/mol. The predicted molar refractivity (Wildman–Crippen MR) is 110 cm³/mol. The lowest BCUT2D eigenvalue weighted by Gasteiger charge is -2.15. The summed E-state index contributed by atoms with van der Waals surface area (Å²) in [5, 5.41) is 17.3. The van der Waals surface area contributed by atoms with Crippen molar-refractivity contribution in [2.45, 2.75) is 20.8 Å². The third-order valence-corrected chi connectivity index (χ3v) is 4.72. The van der Waals surface area contributed by atoms with Crippen LogP contribution in [0.1, 0.15) is 18.1 Å². The molecule has 144 valence electrons. The molecule has 0 saturated carbocycles. The largest absolute Gasteiger partial charge is 0.491 e.